The Hall–Kier alpha value is -2.25. The van der Waals surface area contributed by atoms with Crippen molar-refractivity contribution in [1.29, 1.82) is 0 Å². The molecule has 0 saturated carbocycles. The van der Waals surface area contributed by atoms with Crippen LogP contribution in [0.3, 0.4) is 0 Å². The van der Waals surface area contributed by atoms with Crippen molar-refractivity contribution in [3.63, 3.8) is 0 Å². The Morgan fingerprint density at radius 3 is 2.35 bits per heavy atom. The number of carbonyl (C=O) groups is 2. The van der Waals surface area contributed by atoms with Gasteiger partial charge in [-0.3, -0.25) is 4.90 Å². The summed E-state index contributed by atoms with van der Waals surface area (Å²) in [7, 11) is 1.32. The van der Waals surface area contributed by atoms with E-state index in [0.29, 0.717) is 6.29 Å². The zero-order valence-electron chi connectivity index (χ0n) is 13.2. The van der Waals surface area contributed by atoms with Crippen LogP contribution in [0.25, 0.3) is 0 Å². The topological polar surface area (TPSA) is 55.8 Å². The van der Waals surface area contributed by atoms with Gasteiger partial charge in [0, 0.05) is 7.05 Å². The molecule has 0 heterocycles. The fourth-order valence-corrected chi connectivity index (χ4v) is 1.74. The molecule has 0 fully saturated rings. The molecule has 0 spiro atoms. The molecule has 1 unspecified atom stereocenters. The first-order valence-corrected chi connectivity index (χ1v) is 6.70. The van der Waals surface area contributed by atoms with Gasteiger partial charge in [0.15, 0.2) is 0 Å². The molecular formula is C15H18F3NO4. The largest absolute Gasteiger partial charge is 0.573 e. The minimum Gasteiger partial charge on any atom is -0.444 e. The van der Waals surface area contributed by atoms with Crippen molar-refractivity contribution < 1.29 is 32.2 Å². The summed E-state index contributed by atoms with van der Waals surface area (Å²) in [5, 5.41) is 0. The molecular weight excluding hydrogens is 315 g/mol. The molecule has 1 aromatic rings. The van der Waals surface area contributed by atoms with Gasteiger partial charge in [-0.25, -0.2) is 4.79 Å². The summed E-state index contributed by atoms with van der Waals surface area (Å²) in [6, 6.07) is 3.78. The average molecular weight is 333 g/mol. The van der Waals surface area contributed by atoms with Crippen LogP contribution in [0, 0.1) is 0 Å². The molecule has 0 aliphatic rings. The lowest BCUT2D eigenvalue weighted by molar-refractivity contribution is -0.274. The van der Waals surface area contributed by atoms with Crippen molar-refractivity contribution in [3.8, 4) is 5.75 Å². The van der Waals surface area contributed by atoms with Gasteiger partial charge in [0.05, 0.1) is 0 Å². The van der Waals surface area contributed by atoms with E-state index in [9.17, 15) is 22.8 Å². The first-order chi connectivity index (χ1) is 10.4. The van der Waals surface area contributed by atoms with E-state index in [2.05, 4.69) is 4.74 Å². The molecule has 0 radical (unpaired) electrons. The maximum absolute atomic E-state index is 12.3. The van der Waals surface area contributed by atoms with Gasteiger partial charge in [-0.2, -0.15) is 0 Å². The number of aldehydes is 1. The highest BCUT2D eigenvalue weighted by molar-refractivity contribution is 5.74. The minimum absolute atomic E-state index is 0.176. The highest BCUT2D eigenvalue weighted by Gasteiger charge is 2.32. The molecule has 1 aromatic carbocycles. The summed E-state index contributed by atoms with van der Waals surface area (Å²) in [5.41, 5.74) is -0.588. The number of hydrogen-bond donors (Lipinski definition) is 0. The fraction of sp³-hybridized carbons (Fsp3) is 0.467. The maximum atomic E-state index is 12.3. The summed E-state index contributed by atoms with van der Waals surface area (Å²) in [6.07, 6.45) is -5.17. The van der Waals surface area contributed by atoms with Gasteiger partial charge in [-0.15, -0.1) is 13.2 Å². The second kappa shape index (κ2) is 6.89. The zero-order valence-corrected chi connectivity index (χ0v) is 13.2. The van der Waals surface area contributed by atoms with Crippen LogP contribution in [0.1, 0.15) is 32.4 Å². The maximum Gasteiger partial charge on any atom is 0.573 e. The van der Waals surface area contributed by atoms with Gasteiger partial charge in [0.25, 0.3) is 0 Å². The molecule has 1 atom stereocenters. The third kappa shape index (κ3) is 6.17. The molecule has 23 heavy (non-hydrogen) atoms. The van der Waals surface area contributed by atoms with Gasteiger partial charge in [0.2, 0.25) is 0 Å². The molecule has 0 N–H and O–H groups in total. The number of hydrogen-bond acceptors (Lipinski definition) is 4. The lowest BCUT2D eigenvalue weighted by atomic mass is 10.1. The first-order valence-electron chi connectivity index (χ1n) is 6.70. The number of alkyl halides is 3. The third-order valence-electron chi connectivity index (χ3n) is 2.66. The van der Waals surface area contributed by atoms with Crippen molar-refractivity contribution in [2.75, 3.05) is 7.05 Å². The van der Waals surface area contributed by atoms with E-state index >= 15 is 0 Å². The van der Waals surface area contributed by atoms with E-state index in [-0.39, 0.29) is 5.56 Å². The summed E-state index contributed by atoms with van der Waals surface area (Å²) in [4.78, 5) is 24.3. The van der Waals surface area contributed by atoms with Crippen molar-refractivity contribution in [1.82, 2.24) is 4.90 Å². The number of halogens is 3. The highest BCUT2D eigenvalue weighted by atomic mass is 19.4. The lowest BCUT2D eigenvalue weighted by Crippen LogP contribution is -2.37. The minimum atomic E-state index is -4.84. The first kappa shape index (κ1) is 18.8. The quantitative estimate of drug-likeness (QED) is 0.789. The smallest absolute Gasteiger partial charge is 0.444 e. The number of carbonyl (C=O) groups excluding carboxylic acids is 2. The second-order valence-electron chi connectivity index (χ2n) is 5.79. The van der Waals surface area contributed by atoms with E-state index in [0.717, 1.165) is 17.0 Å². The van der Waals surface area contributed by atoms with E-state index in [4.69, 9.17) is 4.74 Å². The summed E-state index contributed by atoms with van der Waals surface area (Å²) < 4.78 is 45.7. The number of amides is 1. The van der Waals surface area contributed by atoms with Gasteiger partial charge >= 0.3 is 12.5 Å². The van der Waals surface area contributed by atoms with Crippen molar-refractivity contribution in [3.05, 3.63) is 29.8 Å². The number of likely N-dealkylation sites (N-methyl/N-ethyl adjacent to an activating group) is 1. The van der Waals surface area contributed by atoms with E-state index in [1.54, 1.807) is 20.8 Å². The molecule has 1 rings (SSSR count). The second-order valence-corrected chi connectivity index (χ2v) is 5.79. The molecule has 0 aromatic heterocycles. The Morgan fingerprint density at radius 1 is 1.26 bits per heavy atom. The summed E-state index contributed by atoms with van der Waals surface area (Å²) in [6.45, 7) is 4.98. The molecule has 0 bridgehead atoms. The molecule has 1 amide bonds. The van der Waals surface area contributed by atoms with Crippen LogP contribution in [-0.4, -0.2) is 36.3 Å². The Kier molecular flexibility index (Phi) is 5.63. The normalized spacial score (nSPS) is 13.2. The lowest BCUT2D eigenvalue weighted by Gasteiger charge is -2.28. The predicted octanol–water partition coefficient (Wildman–Crippen LogP) is 3.69. The van der Waals surface area contributed by atoms with Crippen LogP contribution in [0.15, 0.2) is 24.3 Å². The summed E-state index contributed by atoms with van der Waals surface area (Å²) >= 11 is 0. The van der Waals surface area contributed by atoms with E-state index in [1.807, 2.05) is 0 Å². The Morgan fingerprint density at radius 2 is 1.87 bits per heavy atom. The van der Waals surface area contributed by atoms with Gasteiger partial charge in [-0.05, 0) is 38.5 Å². The molecule has 0 aliphatic heterocycles. The molecule has 5 nitrogen and oxygen atoms in total. The third-order valence-corrected chi connectivity index (χ3v) is 2.66. The van der Waals surface area contributed by atoms with Gasteiger partial charge in [-0.1, -0.05) is 12.1 Å². The van der Waals surface area contributed by atoms with Crippen LogP contribution in [0.5, 0.6) is 5.75 Å². The Bertz CT molecular complexity index is 567. The summed E-state index contributed by atoms with van der Waals surface area (Å²) in [5.74, 6) is -0.473. The van der Waals surface area contributed by atoms with Crippen LogP contribution in [-0.2, 0) is 9.53 Å². The number of ether oxygens (including phenoxy) is 2. The van der Waals surface area contributed by atoms with Crippen LogP contribution in [0.2, 0.25) is 0 Å². The monoisotopic (exact) mass is 333 g/mol. The standard InChI is InChI=1S/C15H18F3NO4/c1-14(2,3)23-13(21)19(4)12(9-20)10-6-5-7-11(8-10)22-15(16,17)18/h5-9,12H,1-4H3. The highest BCUT2D eigenvalue weighted by Crippen LogP contribution is 2.27. The Labute approximate surface area is 132 Å². The number of benzene rings is 1. The number of rotatable bonds is 4. The predicted molar refractivity (Wildman–Crippen MR) is 75.9 cm³/mol. The Balaban J connectivity index is 2.99. The fourth-order valence-electron chi connectivity index (χ4n) is 1.74. The molecule has 128 valence electrons. The van der Waals surface area contributed by atoms with Gasteiger partial charge < -0.3 is 14.3 Å². The number of nitrogens with zero attached hydrogens (tertiary/aromatic N) is 1. The van der Waals surface area contributed by atoms with Crippen LogP contribution < -0.4 is 4.74 Å². The SMILES string of the molecule is CN(C(=O)OC(C)(C)C)C(C=O)c1cccc(OC(F)(F)F)c1. The van der Waals surface area contributed by atoms with Gasteiger partial charge in [0.1, 0.15) is 23.7 Å². The molecule has 0 saturated heterocycles. The van der Waals surface area contributed by atoms with E-state index in [1.165, 1.54) is 19.2 Å². The average Bonchev–Trinajstić information content (AvgIpc) is 2.35. The van der Waals surface area contributed by atoms with Crippen molar-refractivity contribution in [2.45, 2.75) is 38.8 Å². The van der Waals surface area contributed by atoms with E-state index < -0.39 is 29.8 Å². The zero-order chi connectivity index (χ0) is 17.8. The van der Waals surface area contributed by atoms with Crippen molar-refractivity contribution >= 4 is 12.4 Å². The van der Waals surface area contributed by atoms with Crippen molar-refractivity contribution in [2.24, 2.45) is 0 Å². The van der Waals surface area contributed by atoms with Crippen LogP contribution >= 0.6 is 0 Å². The van der Waals surface area contributed by atoms with Crippen LogP contribution in [0.4, 0.5) is 18.0 Å². The molecule has 0 aliphatic carbocycles. The molecule has 8 heteroatoms.